The van der Waals surface area contributed by atoms with Gasteiger partial charge in [-0.25, -0.2) is 9.97 Å². The number of imidazole rings is 1. The van der Waals surface area contributed by atoms with Gasteiger partial charge in [0.25, 0.3) is 5.91 Å². The molecule has 2 bridgehead atoms. The highest BCUT2D eigenvalue weighted by Crippen LogP contribution is 2.55. The third-order valence-electron chi connectivity index (χ3n) is 6.68. The summed E-state index contributed by atoms with van der Waals surface area (Å²) >= 11 is 0. The first-order chi connectivity index (χ1) is 13.5. The van der Waals surface area contributed by atoms with E-state index < -0.39 is 0 Å². The van der Waals surface area contributed by atoms with Crippen molar-refractivity contribution in [3.05, 3.63) is 35.3 Å². The molecule has 0 saturated carbocycles. The van der Waals surface area contributed by atoms with Crippen molar-refractivity contribution in [2.45, 2.75) is 45.3 Å². The van der Waals surface area contributed by atoms with E-state index in [2.05, 4.69) is 25.2 Å². The number of aromatic amines is 1. The highest BCUT2D eigenvalue weighted by atomic mass is 16.5. The number of nitrogens with one attached hydrogen (secondary N) is 2. The number of ether oxygens (including phenoxy) is 1. The molecule has 0 aliphatic carbocycles. The molecular formula is C20H26N6O2. The van der Waals surface area contributed by atoms with Crippen molar-refractivity contribution in [2.24, 2.45) is 11.8 Å². The molecule has 3 fully saturated rings. The van der Waals surface area contributed by atoms with Gasteiger partial charge in [-0.05, 0) is 33.6 Å². The molecule has 3 aliphatic rings. The number of hydrogen-bond acceptors (Lipinski definition) is 6. The van der Waals surface area contributed by atoms with Crippen LogP contribution in [0.25, 0.3) is 0 Å². The number of carbonyl (C=O) groups excluding carboxylic acids is 1. The van der Waals surface area contributed by atoms with Gasteiger partial charge in [0.15, 0.2) is 0 Å². The smallest absolute Gasteiger partial charge is 0.271 e. The predicted octanol–water partition coefficient (Wildman–Crippen LogP) is 1.54. The van der Waals surface area contributed by atoms with Crippen LogP contribution in [-0.4, -0.2) is 57.2 Å². The fourth-order valence-electron chi connectivity index (χ4n) is 5.33. The molecule has 0 radical (unpaired) electrons. The Morgan fingerprint density at radius 1 is 1.39 bits per heavy atom. The van der Waals surface area contributed by atoms with Crippen molar-refractivity contribution >= 4 is 11.7 Å². The minimum atomic E-state index is -0.120. The molecule has 1 spiro atoms. The molecule has 3 aliphatic heterocycles. The van der Waals surface area contributed by atoms with Crippen LogP contribution in [0.1, 0.15) is 40.4 Å². The van der Waals surface area contributed by atoms with Gasteiger partial charge < -0.3 is 19.9 Å². The fraction of sp³-hybridized carbons (Fsp3) is 0.600. The molecule has 4 atom stereocenters. The minimum Gasteiger partial charge on any atom is -0.369 e. The van der Waals surface area contributed by atoms with Gasteiger partial charge in [0, 0.05) is 43.4 Å². The molecule has 8 nitrogen and oxygen atoms in total. The Morgan fingerprint density at radius 3 is 3.04 bits per heavy atom. The molecule has 0 unspecified atom stereocenters. The third-order valence-corrected chi connectivity index (χ3v) is 6.68. The molecule has 28 heavy (non-hydrogen) atoms. The van der Waals surface area contributed by atoms with E-state index in [1.807, 2.05) is 27.0 Å². The number of amides is 1. The van der Waals surface area contributed by atoms with Gasteiger partial charge in [-0.1, -0.05) is 0 Å². The number of nitrogens with zero attached hydrogens (tertiary/aromatic N) is 4. The van der Waals surface area contributed by atoms with Gasteiger partial charge in [0.2, 0.25) is 0 Å². The van der Waals surface area contributed by atoms with E-state index in [0.29, 0.717) is 24.1 Å². The van der Waals surface area contributed by atoms with E-state index in [-0.39, 0.29) is 17.6 Å². The first-order valence-electron chi connectivity index (χ1n) is 9.98. The summed E-state index contributed by atoms with van der Waals surface area (Å²) in [7, 11) is 0. The van der Waals surface area contributed by atoms with Crippen LogP contribution in [-0.2, 0) is 4.74 Å². The van der Waals surface area contributed by atoms with Crippen molar-refractivity contribution in [2.75, 3.05) is 24.5 Å². The zero-order valence-electron chi connectivity index (χ0n) is 16.5. The Labute approximate surface area is 164 Å². The number of fused-ring (bicyclic) bond motifs is 1. The van der Waals surface area contributed by atoms with Gasteiger partial charge in [0.1, 0.15) is 11.5 Å². The summed E-state index contributed by atoms with van der Waals surface area (Å²) < 4.78 is 6.50. The highest BCUT2D eigenvalue weighted by molar-refractivity contribution is 5.93. The molecule has 2 aromatic heterocycles. The number of anilines is 1. The Bertz CT molecular complexity index is 927. The van der Waals surface area contributed by atoms with Gasteiger partial charge in [-0.15, -0.1) is 0 Å². The second-order valence-corrected chi connectivity index (χ2v) is 8.42. The lowest BCUT2D eigenvalue weighted by Gasteiger charge is -2.29. The molecule has 5 heterocycles. The second kappa shape index (κ2) is 6.27. The SMILES string of the molecule is Cc1cnc(C)c(N2C[C@@H]3[C@H](CNC(=O)c4nc[nH]c4C)[C@H]4CC[C@]3(C2)O4)n1. The van der Waals surface area contributed by atoms with Crippen LogP contribution < -0.4 is 10.2 Å². The number of aromatic nitrogens is 4. The highest BCUT2D eigenvalue weighted by Gasteiger charge is 2.63. The zero-order chi connectivity index (χ0) is 19.5. The lowest BCUT2D eigenvalue weighted by atomic mass is 9.73. The Kier molecular flexibility index (Phi) is 3.94. The maximum atomic E-state index is 12.5. The summed E-state index contributed by atoms with van der Waals surface area (Å²) in [5.74, 6) is 1.56. The van der Waals surface area contributed by atoms with Crippen LogP contribution in [0.5, 0.6) is 0 Å². The Balaban J connectivity index is 1.33. The number of carbonyl (C=O) groups is 1. The summed E-state index contributed by atoms with van der Waals surface area (Å²) in [5.41, 5.74) is 3.03. The first-order valence-corrected chi connectivity index (χ1v) is 9.98. The molecule has 0 aromatic carbocycles. The summed E-state index contributed by atoms with van der Waals surface area (Å²) in [6.07, 6.45) is 5.74. The molecule has 8 heteroatoms. The Morgan fingerprint density at radius 2 is 2.25 bits per heavy atom. The largest absolute Gasteiger partial charge is 0.369 e. The van der Waals surface area contributed by atoms with Crippen molar-refractivity contribution < 1.29 is 9.53 Å². The Hall–Kier alpha value is -2.48. The molecule has 3 saturated heterocycles. The molecule has 1 amide bonds. The molecule has 2 aromatic rings. The van der Waals surface area contributed by atoms with E-state index in [4.69, 9.17) is 9.72 Å². The van der Waals surface area contributed by atoms with Gasteiger partial charge >= 0.3 is 0 Å². The van der Waals surface area contributed by atoms with Gasteiger partial charge in [-0.2, -0.15) is 0 Å². The van der Waals surface area contributed by atoms with E-state index in [9.17, 15) is 4.79 Å². The molecule has 2 N–H and O–H groups in total. The number of rotatable bonds is 4. The topological polar surface area (TPSA) is 96.0 Å². The monoisotopic (exact) mass is 382 g/mol. The quantitative estimate of drug-likeness (QED) is 0.833. The van der Waals surface area contributed by atoms with Crippen LogP contribution in [0.2, 0.25) is 0 Å². The van der Waals surface area contributed by atoms with Gasteiger partial charge in [0.05, 0.1) is 29.4 Å². The summed E-state index contributed by atoms with van der Waals surface area (Å²) in [5, 5.41) is 3.09. The average Bonchev–Trinajstić information content (AvgIpc) is 3.41. The van der Waals surface area contributed by atoms with E-state index in [0.717, 1.165) is 48.8 Å². The number of hydrogen-bond donors (Lipinski definition) is 2. The number of H-pyrrole nitrogens is 1. The fourth-order valence-corrected chi connectivity index (χ4v) is 5.33. The maximum Gasteiger partial charge on any atom is 0.271 e. The van der Waals surface area contributed by atoms with Crippen molar-refractivity contribution in [1.29, 1.82) is 0 Å². The van der Waals surface area contributed by atoms with Crippen LogP contribution in [0, 0.1) is 32.6 Å². The minimum absolute atomic E-state index is 0.111. The number of aryl methyl sites for hydroxylation is 3. The van der Waals surface area contributed by atoms with E-state index >= 15 is 0 Å². The second-order valence-electron chi connectivity index (χ2n) is 8.42. The van der Waals surface area contributed by atoms with Crippen LogP contribution in [0.15, 0.2) is 12.5 Å². The first kappa shape index (κ1) is 17.6. The molecular weight excluding hydrogens is 356 g/mol. The summed E-state index contributed by atoms with van der Waals surface area (Å²) in [6.45, 7) is 8.22. The molecule has 5 rings (SSSR count). The van der Waals surface area contributed by atoms with Crippen LogP contribution in [0.3, 0.4) is 0 Å². The average molecular weight is 382 g/mol. The lowest BCUT2D eigenvalue weighted by Crippen LogP contribution is -2.42. The van der Waals surface area contributed by atoms with E-state index in [1.165, 1.54) is 0 Å². The summed E-state index contributed by atoms with van der Waals surface area (Å²) in [4.78, 5) is 31.1. The van der Waals surface area contributed by atoms with Gasteiger partial charge in [-0.3, -0.25) is 9.78 Å². The van der Waals surface area contributed by atoms with Crippen LogP contribution in [0.4, 0.5) is 5.82 Å². The predicted molar refractivity (Wildman–Crippen MR) is 103 cm³/mol. The summed E-state index contributed by atoms with van der Waals surface area (Å²) in [6, 6.07) is 0. The normalized spacial score (nSPS) is 30.7. The maximum absolute atomic E-state index is 12.5. The standard InChI is InChI=1S/C20H26N6O2/c1-11-6-21-13(3)18(25-11)26-8-15-14(16-4-5-20(15,9-26)28-16)7-22-19(27)17-12(2)23-10-24-17/h6,10,14-16H,4-5,7-9H2,1-3H3,(H,22,27)(H,23,24)/t14-,15+,16+,20+/m0/s1. The molecule has 148 valence electrons. The van der Waals surface area contributed by atoms with Crippen molar-refractivity contribution in [3.63, 3.8) is 0 Å². The third kappa shape index (κ3) is 2.62. The van der Waals surface area contributed by atoms with Crippen LogP contribution >= 0.6 is 0 Å². The van der Waals surface area contributed by atoms with Crippen molar-refractivity contribution in [3.8, 4) is 0 Å². The van der Waals surface area contributed by atoms with E-state index in [1.54, 1.807) is 6.33 Å². The van der Waals surface area contributed by atoms with Crippen molar-refractivity contribution in [1.82, 2.24) is 25.3 Å². The zero-order valence-corrected chi connectivity index (χ0v) is 16.5. The lowest BCUT2D eigenvalue weighted by molar-refractivity contribution is 0.0141.